The minimum absolute atomic E-state index is 0.890. The number of hydrogen-bond donors (Lipinski definition) is 0. The minimum Gasteiger partial charge on any atom is -0.456 e. The number of fused-ring (bicyclic) bond motifs is 7. The second-order valence-electron chi connectivity index (χ2n) is 12.6. The van der Waals surface area contributed by atoms with Crippen LogP contribution in [0.5, 0.6) is 0 Å². The molecule has 0 fully saturated rings. The Labute approximate surface area is 295 Å². The summed E-state index contributed by atoms with van der Waals surface area (Å²) in [7, 11) is 0. The predicted octanol–water partition coefficient (Wildman–Crippen LogP) is 14.4. The molecule has 0 aliphatic carbocycles. The minimum atomic E-state index is 0.890. The van der Waals surface area contributed by atoms with Crippen molar-refractivity contribution in [2.24, 2.45) is 0 Å². The van der Waals surface area contributed by atoms with E-state index >= 15 is 0 Å². The first-order valence-corrected chi connectivity index (χ1v) is 17.7. The van der Waals surface area contributed by atoms with Gasteiger partial charge >= 0.3 is 0 Å². The summed E-state index contributed by atoms with van der Waals surface area (Å²) in [5, 5.41) is 7.26. The van der Waals surface area contributed by atoms with Crippen LogP contribution in [0.2, 0.25) is 0 Å². The van der Waals surface area contributed by atoms with Crippen LogP contribution in [0.3, 0.4) is 0 Å². The summed E-state index contributed by atoms with van der Waals surface area (Å²) >= 11 is 1.85. The van der Waals surface area contributed by atoms with Crippen molar-refractivity contribution in [1.29, 1.82) is 0 Å². The van der Waals surface area contributed by atoms with Crippen LogP contribution in [-0.2, 0) is 0 Å². The van der Waals surface area contributed by atoms with Crippen molar-refractivity contribution in [1.82, 2.24) is 0 Å². The Balaban J connectivity index is 1.28. The molecule has 0 unspecified atom stereocenters. The molecular formula is C47H33NOS. The van der Waals surface area contributed by atoms with Gasteiger partial charge in [-0.25, -0.2) is 0 Å². The largest absolute Gasteiger partial charge is 0.456 e. The first kappa shape index (κ1) is 29.9. The van der Waals surface area contributed by atoms with Crippen molar-refractivity contribution in [3.05, 3.63) is 182 Å². The number of allylic oxidation sites excluding steroid dienone is 5. The summed E-state index contributed by atoms with van der Waals surface area (Å²) in [6.07, 6.45) is 8.00. The molecule has 9 rings (SSSR count). The van der Waals surface area contributed by atoms with Gasteiger partial charge in [0.05, 0.1) is 10.4 Å². The number of thiophene rings is 1. The molecule has 238 valence electrons. The molecule has 50 heavy (non-hydrogen) atoms. The van der Waals surface area contributed by atoms with E-state index in [0.29, 0.717) is 0 Å². The van der Waals surface area contributed by atoms with Crippen LogP contribution in [0.15, 0.2) is 181 Å². The quantitative estimate of drug-likeness (QED) is 0.158. The summed E-state index contributed by atoms with van der Waals surface area (Å²) in [6, 6.07) is 52.5. The number of hydrogen-bond acceptors (Lipinski definition) is 3. The summed E-state index contributed by atoms with van der Waals surface area (Å²) in [5.74, 6) is 0. The van der Waals surface area contributed by atoms with Crippen molar-refractivity contribution in [2.75, 3.05) is 4.90 Å². The number of rotatable bonds is 7. The molecule has 2 aromatic heterocycles. The van der Waals surface area contributed by atoms with Crippen molar-refractivity contribution in [3.8, 4) is 11.1 Å². The van der Waals surface area contributed by atoms with Gasteiger partial charge in [-0.3, -0.25) is 0 Å². The molecule has 0 aliphatic rings. The monoisotopic (exact) mass is 659 g/mol. The Hall–Kier alpha value is -6.16. The highest BCUT2D eigenvalue weighted by molar-refractivity contribution is 7.26. The zero-order chi connectivity index (χ0) is 33.6. The van der Waals surface area contributed by atoms with E-state index in [1.54, 1.807) is 0 Å². The van der Waals surface area contributed by atoms with Gasteiger partial charge in [-0.05, 0) is 94.6 Å². The fraction of sp³-hybridized carbons (Fsp3) is 0.0213. The van der Waals surface area contributed by atoms with Crippen LogP contribution in [0.4, 0.5) is 17.1 Å². The van der Waals surface area contributed by atoms with Gasteiger partial charge < -0.3 is 9.32 Å². The molecule has 0 N–H and O–H groups in total. The lowest BCUT2D eigenvalue weighted by molar-refractivity contribution is 0.669. The lowest BCUT2D eigenvalue weighted by Gasteiger charge is -2.27. The highest BCUT2D eigenvalue weighted by Gasteiger charge is 2.20. The lowest BCUT2D eigenvalue weighted by atomic mass is 9.93. The number of benzene rings is 7. The zero-order valence-electron chi connectivity index (χ0n) is 27.6. The highest BCUT2D eigenvalue weighted by Crippen LogP contribution is 2.46. The van der Waals surface area contributed by atoms with Gasteiger partial charge in [-0.15, -0.1) is 11.3 Å². The lowest BCUT2D eigenvalue weighted by Crippen LogP contribution is -2.10. The normalized spacial score (nSPS) is 12.2. The molecule has 0 saturated carbocycles. The number of para-hydroxylation sites is 1. The third-order valence-corrected chi connectivity index (χ3v) is 10.8. The maximum Gasteiger partial charge on any atom is 0.136 e. The Kier molecular flexibility index (Phi) is 7.41. The highest BCUT2D eigenvalue weighted by atomic mass is 32.1. The first-order valence-electron chi connectivity index (χ1n) is 16.9. The second kappa shape index (κ2) is 12.4. The van der Waals surface area contributed by atoms with Gasteiger partial charge in [0.25, 0.3) is 0 Å². The molecule has 0 spiro atoms. The molecule has 9 aromatic rings. The van der Waals surface area contributed by atoms with Gasteiger partial charge in [-0.1, -0.05) is 122 Å². The molecule has 0 bridgehead atoms. The van der Waals surface area contributed by atoms with E-state index in [-0.39, 0.29) is 0 Å². The fourth-order valence-corrected chi connectivity index (χ4v) is 8.37. The second-order valence-corrected chi connectivity index (χ2v) is 13.7. The van der Waals surface area contributed by atoms with Crippen LogP contribution in [-0.4, -0.2) is 0 Å². The van der Waals surface area contributed by atoms with Crippen LogP contribution in [0.1, 0.15) is 12.5 Å². The Morgan fingerprint density at radius 1 is 0.620 bits per heavy atom. The molecule has 0 aliphatic heterocycles. The molecule has 0 amide bonds. The first-order chi connectivity index (χ1) is 24.7. The third kappa shape index (κ3) is 5.11. The maximum absolute atomic E-state index is 6.33. The molecule has 3 heteroatoms. The number of anilines is 3. The number of nitrogens with zero attached hydrogens (tertiary/aromatic N) is 1. The van der Waals surface area contributed by atoms with Crippen LogP contribution >= 0.6 is 11.3 Å². The van der Waals surface area contributed by atoms with Crippen molar-refractivity contribution >= 4 is 86.9 Å². The van der Waals surface area contributed by atoms with E-state index in [2.05, 4.69) is 164 Å². The average molecular weight is 660 g/mol. The van der Waals surface area contributed by atoms with Crippen LogP contribution in [0.25, 0.3) is 69.6 Å². The zero-order valence-corrected chi connectivity index (χ0v) is 28.5. The Bertz CT molecular complexity index is 2810. The van der Waals surface area contributed by atoms with Gasteiger partial charge in [-0.2, -0.15) is 0 Å². The number of furan rings is 1. The molecular weight excluding hydrogens is 627 g/mol. The molecule has 0 radical (unpaired) electrons. The summed E-state index contributed by atoms with van der Waals surface area (Å²) in [6.45, 7) is 6.06. The Morgan fingerprint density at radius 2 is 1.36 bits per heavy atom. The van der Waals surface area contributed by atoms with E-state index in [0.717, 1.165) is 61.3 Å². The molecule has 7 aromatic carbocycles. The topological polar surface area (TPSA) is 16.4 Å². The van der Waals surface area contributed by atoms with E-state index in [1.807, 2.05) is 35.6 Å². The van der Waals surface area contributed by atoms with E-state index in [9.17, 15) is 0 Å². The van der Waals surface area contributed by atoms with Crippen LogP contribution in [0, 0.1) is 0 Å². The third-order valence-electron chi connectivity index (χ3n) is 9.59. The standard InChI is InChI=1S/C47H33NOS/c1-3-4-5-13-31(2)42-30-36(25-27-37(42)34-23-26-39-38-16-8-10-20-44(38)49-45(39)29-34)48(35-24-22-32-14-6-7-15-33(32)28-35)43-19-12-18-41-40-17-9-11-21-46(40)50-47(41)43/h3-30H,1H2,2H3/b5-4-,31-13+. The predicted molar refractivity (Wildman–Crippen MR) is 217 cm³/mol. The van der Waals surface area contributed by atoms with Crippen LogP contribution < -0.4 is 4.90 Å². The van der Waals surface area contributed by atoms with E-state index in [1.165, 1.54) is 30.9 Å². The Morgan fingerprint density at radius 3 is 2.26 bits per heavy atom. The van der Waals surface area contributed by atoms with E-state index < -0.39 is 0 Å². The van der Waals surface area contributed by atoms with Crippen molar-refractivity contribution < 1.29 is 4.42 Å². The molecule has 0 atom stereocenters. The van der Waals surface area contributed by atoms with Gasteiger partial charge in [0.15, 0.2) is 0 Å². The maximum atomic E-state index is 6.33. The molecule has 0 saturated heterocycles. The SMILES string of the molecule is C=C/C=C\C=C(/C)c1cc(N(c2ccc3ccccc3c2)c2cccc3c2sc2ccccc23)ccc1-c1ccc2c(c1)oc1ccccc12. The average Bonchev–Trinajstić information content (AvgIpc) is 3.73. The summed E-state index contributed by atoms with van der Waals surface area (Å²) in [5.41, 5.74) is 9.73. The van der Waals surface area contributed by atoms with Gasteiger partial charge in [0.2, 0.25) is 0 Å². The van der Waals surface area contributed by atoms with E-state index in [4.69, 9.17) is 4.42 Å². The summed E-state index contributed by atoms with van der Waals surface area (Å²) < 4.78 is 8.89. The molecule has 2 heterocycles. The van der Waals surface area contributed by atoms with Gasteiger partial charge in [0, 0.05) is 37.6 Å². The van der Waals surface area contributed by atoms with Crippen molar-refractivity contribution in [2.45, 2.75) is 6.92 Å². The summed E-state index contributed by atoms with van der Waals surface area (Å²) in [4.78, 5) is 2.42. The fourth-order valence-electron chi connectivity index (χ4n) is 7.16. The van der Waals surface area contributed by atoms with Gasteiger partial charge in [0.1, 0.15) is 11.2 Å². The smallest absolute Gasteiger partial charge is 0.136 e. The van der Waals surface area contributed by atoms with Crippen molar-refractivity contribution in [3.63, 3.8) is 0 Å². The molecule has 2 nitrogen and oxygen atoms in total.